The number of carbonyl (C=O) groups is 1. The van der Waals surface area contributed by atoms with E-state index in [0.717, 1.165) is 37.7 Å². The van der Waals surface area contributed by atoms with Crippen LogP contribution in [0, 0.1) is 18.3 Å². The Balaban J connectivity index is 1.56. The highest BCUT2D eigenvalue weighted by Crippen LogP contribution is 2.61. The Morgan fingerprint density at radius 3 is 2.90 bits per heavy atom. The fourth-order valence-electron chi connectivity index (χ4n) is 3.58. The van der Waals surface area contributed by atoms with Crippen molar-refractivity contribution in [2.75, 3.05) is 0 Å². The fraction of sp³-hybridized carbons (Fsp3) is 0.625. The number of nitrogens with two attached hydrogens (primary N) is 1. The topological polar surface area (TPSA) is 88.0 Å². The number of aromatic nitrogens is 1. The van der Waals surface area contributed by atoms with Crippen LogP contribution in [0.5, 0.6) is 0 Å². The van der Waals surface area contributed by atoms with Crippen molar-refractivity contribution in [2.45, 2.75) is 51.6 Å². The van der Waals surface area contributed by atoms with E-state index in [9.17, 15) is 9.59 Å². The lowest BCUT2D eigenvalue weighted by Crippen LogP contribution is -2.32. The standard InChI is InChI=1S/C16H23N3O2/c1-10-6-11(14(20)18-8-10)9-19-15(21)13-7-16(13)4-2-12(17)3-5-16/h6,8,12-13H,2-5,7,9,17H2,1H3,(H,18,20)(H,19,21). The van der Waals surface area contributed by atoms with Gasteiger partial charge in [-0.15, -0.1) is 0 Å². The minimum Gasteiger partial charge on any atom is -0.352 e. The first-order valence-corrected chi connectivity index (χ1v) is 7.72. The second-order valence-corrected chi connectivity index (χ2v) is 6.71. The van der Waals surface area contributed by atoms with Gasteiger partial charge in [0.05, 0.1) is 0 Å². The van der Waals surface area contributed by atoms with Crippen molar-refractivity contribution in [1.29, 1.82) is 0 Å². The van der Waals surface area contributed by atoms with Crippen LogP contribution in [0.15, 0.2) is 17.1 Å². The van der Waals surface area contributed by atoms with E-state index < -0.39 is 0 Å². The predicted octanol–water partition coefficient (Wildman–Crippen LogP) is 1.21. The average molecular weight is 289 g/mol. The van der Waals surface area contributed by atoms with Crippen LogP contribution in [-0.4, -0.2) is 16.9 Å². The molecule has 2 fully saturated rings. The lowest BCUT2D eigenvalue weighted by molar-refractivity contribution is -0.123. The third-order valence-corrected chi connectivity index (χ3v) is 5.11. The van der Waals surface area contributed by atoms with Gasteiger partial charge in [0.25, 0.3) is 5.56 Å². The molecule has 2 aliphatic carbocycles. The maximum Gasteiger partial charge on any atom is 0.252 e. The Labute approximate surface area is 124 Å². The number of aryl methyl sites for hydroxylation is 1. The van der Waals surface area contributed by atoms with Crippen molar-refractivity contribution in [3.8, 4) is 0 Å². The second-order valence-electron chi connectivity index (χ2n) is 6.71. The summed E-state index contributed by atoms with van der Waals surface area (Å²) in [6, 6.07) is 2.13. The van der Waals surface area contributed by atoms with Crippen molar-refractivity contribution in [3.05, 3.63) is 33.7 Å². The molecule has 1 amide bonds. The number of amides is 1. The second kappa shape index (κ2) is 5.30. The summed E-state index contributed by atoms with van der Waals surface area (Å²) in [4.78, 5) is 26.6. The summed E-state index contributed by atoms with van der Waals surface area (Å²) in [5, 5.41) is 2.92. The zero-order chi connectivity index (χ0) is 15.0. The summed E-state index contributed by atoms with van der Waals surface area (Å²) in [6.45, 7) is 2.23. The van der Waals surface area contributed by atoms with E-state index >= 15 is 0 Å². The van der Waals surface area contributed by atoms with Crippen LogP contribution in [-0.2, 0) is 11.3 Å². The number of aromatic amines is 1. The van der Waals surface area contributed by atoms with Crippen molar-refractivity contribution >= 4 is 5.91 Å². The third kappa shape index (κ3) is 2.88. The smallest absolute Gasteiger partial charge is 0.252 e. The Kier molecular flexibility index (Phi) is 3.61. The molecule has 1 spiro atoms. The van der Waals surface area contributed by atoms with E-state index in [1.165, 1.54) is 0 Å². The van der Waals surface area contributed by atoms with Gasteiger partial charge in [-0.3, -0.25) is 9.59 Å². The molecule has 5 nitrogen and oxygen atoms in total. The monoisotopic (exact) mass is 289 g/mol. The number of hydrogen-bond acceptors (Lipinski definition) is 3. The highest BCUT2D eigenvalue weighted by Gasteiger charge is 2.58. The molecular weight excluding hydrogens is 266 g/mol. The average Bonchev–Trinajstić information content (AvgIpc) is 3.17. The van der Waals surface area contributed by atoms with Crippen LogP contribution in [0.25, 0.3) is 0 Å². The molecule has 114 valence electrons. The first-order valence-electron chi connectivity index (χ1n) is 7.72. The van der Waals surface area contributed by atoms with Crippen LogP contribution in [0.1, 0.15) is 43.2 Å². The molecule has 0 aromatic carbocycles. The molecule has 0 saturated heterocycles. The SMILES string of the molecule is Cc1c[nH]c(=O)c(CNC(=O)C2CC23CCC(N)CC3)c1. The van der Waals surface area contributed by atoms with Crippen molar-refractivity contribution < 1.29 is 4.79 Å². The van der Waals surface area contributed by atoms with Gasteiger partial charge in [-0.05, 0) is 56.1 Å². The molecule has 0 bridgehead atoms. The molecule has 1 unspecified atom stereocenters. The van der Waals surface area contributed by atoms with Crippen molar-refractivity contribution in [3.63, 3.8) is 0 Å². The van der Waals surface area contributed by atoms with Crippen LogP contribution in [0.4, 0.5) is 0 Å². The Morgan fingerprint density at radius 1 is 1.48 bits per heavy atom. The normalized spacial score (nSPS) is 31.1. The Hall–Kier alpha value is -1.62. The summed E-state index contributed by atoms with van der Waals surface area (Å²) in [5.41, 5.74) is 7.61. The minimum absolute atomic E-state index is 0.0892. The van der Waals surface area contributed by atoms with Crippen LogP contribution >= 0.6 is 0 Å². The number of rotatable bonds is 3. The number of H-pyrrole nitrogens is 1. The molecule has 5 heteroatoms. The van der Waals surface area contributed by atoms with Gasteiger partial charge < -0.3 is 16.0 Å². The first-order chi connectivity index (χ1) is 10.00. The minimum atomic E-state index is -0.130. The number of carbonyl (C=O) groups excluding carboxylic acids is 1. The molecule has 21 heavy (non-hydrogen) atoms. The highest BCUT2D eigenvalue weighted by molar-refractivity contribution is 5.82. The van der Waals surface area contributed by atoms with Gasteiger partial charge in [0.2, 0.25) is 5.91 Å². The molecule has 2 aliphatic rings. The van der Waals surface area contributed by atoms with E-state index in [1.807, 2.05) is 13.0 Å². The molecular formula is C16H23N3O2. The molecule has 2 saturated carbocycles. The Morgan fingerprint density at radius 2 is 2.19 bits per heavy atom. The number of hydrogen-bond donors (Lipinski definition) is 3. The number of nitrogens with one attached hydrogen (secondary N) is 2. The first kappa shape index (κ1) is 14.3. The molecule has 0 radical (unpaired) electrons. The zero-order valence-corrected chi connectivity index (χ0v) is 12.4. The van der Waals surface area contributed by atoms with Crippen molar-refractivity contribution in [2.24, 2.45) is 17.1 Å². The van der Waals surface area contributed by atoms with Crippen LogP contribution in [0.2, 0.25) is 0 Å². The van der Waals surface area contributed by atoms with Gasteiger partial charge in [0, 0.05) is 30.3 Å². The van der Waals surface area contributed by atoms with Gasteiger partial charge in [-0.25, -0.2) is 0 Å². The molecule has 4 N–H and O–H groups in total. The summed E-state index contributed by atoms with van der Waals surface area (Å²) < 4.78 is 0. The van der Waals surface area contributed by atoms with Gasteiger partial charge in [-0.2, -0.15) is 0 Å². The van der Waals surface area contributed by atoms with E-state index in [1.54, 1.807) is 6.20 Å². The van der Waals surface area contributed by atoms with Gasteiger partial charge in [-0.1, -0.05) is 0 Å². The summed E-state index contributed by atoms with van der Waals surface area (Å²) >= 11 is 0. The molecule has 1 atom stereocenters. The maximum atomic E-state index is 12.3. The van der Waals surface area contributed by atoms with Gasteiger partial charge in [0.15, 0.2) is 0 Å². The van der Waals surface area contributed by atoms with Gasteiger partial charge in [0.1, 0.15) is 0 Å². The highest BCUT2D eigenvalue weighted by atomic mass is 16.2. The molecule has 1 aromatic rings. The van der Waals surface area contributed by atoms with E-state index in [4.69, 9.17) is 5.73 Å². The van der Waals surface area contributed by atoms with Crippen LogP contribution in [0.3, 0.4) is 0 Å². The van der Waals surface area contributed by atoms with E-state index in [-0.39, 0.29) is 22.8 Å². The maximum absolute atomic E-state index is 12.3. The van der Waals surface area contributed by atoms with Gasteiger partial charge >= 0.3 is 0 Å². The lowest BCUT2D eigenvalue weighted by Gasteiger charge is -2.26. The lowest BCUT2D eigenvalue weighted by atomic mass is 9.82. The zero-order valence-electron chi connectivity index (χ0n) is 12.4. The third-order valence-electron chi connectivity index (χ3n) is 5.11. The van der Waals surface area contributed by atoms with E-state index in [2.05, 4.69) is 10.3 Å². The van der Waals surface area contributed by atoms with Crippen molar-refractivity contribution in [1.82, 2.24) is 10.3 Å². The summed E-state index contributed by atoms with van der Waals surface area (Å²) in [7, 11) is 0. The Bertz CT molecular complexity index is 600. The molecule has 1 aromatic heterocycles. The number of pyridine rings is 1. The quantitative estimate of drug-likeness (QED) is 0.781. The largest absolute Gasteiger partial charge is 0.352 e. The molecule has 3 rings (SSSR count). The fourth-order valence-corrected chi connectivity index (χ4v) is 3.58. The molecule has 1 heterocycles. The summed E-state index contributed by atoms with van der Waals surface area (Å²) in [5.74, 6) is 0.209. The molecule has 0 aliphatic heterocycles. The van der Waals surface area contributed by atoms with E-state index in [0.29, 0.717) is 18.2 Å². The summed E-state index contributed by atoms with van der Waals surface area (Å²) in [6.07, 6.45) is 6.85. The predicted molar refractivity (Wildman–Crippen MR) is 80.6 cm³/mol. The van der Waals surface area contributed by atoms with Crippen LogP contribution < -0.4 is 16.6 Å².